The molecule has 1 fully saturated rings. The van der Waals surface area contributed by atoms with Gasteiger partial charge >= 0.3 is 5.97 Å². The number of anilines is 2. The summed E-state index contributed by atoms with van der Waals surface area (Å²) in [7, 11) is 1.89. The zero-order valence-corrected chi connectivity index (χ0v) is 11.2. The number of pyridine rings is 1. The summed E-state index contributed by atoms with van der Waals surface area (Å²) in [5.41, 5.74) is 6.40. The molecule has 0 radical (unpaired) electrons. The van der Waals surface area contributed by atoms with Crippen molar-refractivity contribution >= 4 is 17.5 Å². The van der Waals surface area contributed by atoms with E-state index in [9.17, 15) is 4.79 Å². The van der Waals surface area contributed by atoms with Gasteiger partial charge in [0, 0.05) is 20.1 Å². The van der Waals surface area contributed by atoms with Gasteiger partial charge in [-0.2, -0.15) is 0 Å². The number of carbonyl (C=O) groups is 1. The van der Waals surface area contributed by atoms with Crippen LogP contribution in [0.3, 0.4) is 0 Å². The Labute approximate surface area is 112 Å². The number of carboxylic acid groups (broad SMARTS) is 1. The first-order valence-electron chi connectivity index (χ1n) is 6.51. The maximum Gasteiger partial charge on any atom is 0.354 e. The standard InChI is InChI=1S/C13H20N4O2/c1-16(8-9-17-6-2-3-7-17)12-10(14)4-5-11(15-12)13(18)19/h4-5H,2-3,6-9,14H2,1H3,(H,18,19). The molecule has 1 aliphatic rings. The zero-order chi connectivity index (χ0) is 13.8. The van der Waals surface area contributed by atoms with Crippen LogP contribution in [-0.4, -0.2) is 54.2 Å². The van der Waals surface area contributed by atoms with E-state index < -0.39 is 5.97 Å². The molecular formula is C13H20N4O2. The van der Waals surface area contributed by atoms with Gasteiger partial charge in [-0.1, -0.05) is 0 Å². The summed E-state index contributed by atoms with van der Waals surface area (Å²) in [5.74, 6) is -0.492. The lowest BCUT2D eigenvalue weighted by Crippen LogP contribution is -2.32. The Kier molecular flexibility index (Phi) is 4.21. The van der Waals surface area contributed by atoms with Crippen molar-refractivity contribution in [1.82, 2.24) is 9.88 Å². The summed E-state index contributed by atoms with van der Waals surface area (Å²) in [6, 6.07) is 3.02. The number of likely N-dealkylation sites (N-methyl/N-ethyl adjacent to an activating group) is 1. The van der Waals surface area contributed by atoms with Gasteiger partial charge in [-0.25, -0.2) is 9.78 Å². The van der Waals surface area contributed by atoms with Gasteiger partial charge in [0.15, 0.2) is 11.5 Å². The summed E-state index contributed by atoms with van der Waals surface area (Å²) < 4.78 is 0. The van der Waals surface area contributed by atoms with Crippen molar-refractivity contribution in [2.45, 2.75) is 12.8 Å². The molecule has 2 heterocycles. The zero-order valence-electron chi connectivity index (χ0n) is 11.2. The van der Waals surface area contributed by atoms with Crippen molar-refractivity contribution in [3.8, 4) is 0 Å². The summed E-state index contributed by atoms with van der Waals surface area (Å²) in [4.78, 5) is 19.3. The summed E-state index contributed by atoms with van der Waals surface area (Å²) >= 11 is 0. The van der Waals surface area contributed by atoms with Crippen LogP contribution in [0.2, 0.25) is 0 Å². The summed E-state index contributed by atoms with van der Waals surface area (Å²) in [6.45, 7) is 4.03. The minimum absolute atomic E-state index is 0.0252. The molecular weight excluding hydrogens is 244 g/mol. The molecule has 2 rings (SSSR count). The van der Waals surface area contributed by atoms with Crippen molar-refractivity contribution in [2.75, 3.05) is 43.9 Å². The second-order valence-corrected chi connectivity index (χ2v) is 4.88. The van der Waals surface area contributed by atoms with Crippen LogP contribution in [0.4, 0.5) is 11.5 Å². The Bertz CT molecular complexity index is 458. The largest absolute Gasteiger partial charge is 0.477 e. The molecule has 1 aliphatic heterocycles. The van der Waals surface area contributed by atoms with E-state index in [1.165, 1.54) is 18.9 Å². The quantitative estimate of drug-likeness (QED) is 0.822. The first-order valence-corrected chi connectivity index (χ1v) is 6.51. The van der Waals surface area contributed by atoms with Crippen LogP contribution in [0.1, 0.15) is 23.3 Å². The number of hydrogen-bond acceptors (Lipinski definition) is 5. The first-order chi connectivity index (χ1) is 9.08. The van der Waals surface area contributed by atoms with Crippen LogP contribution in [0.15, 0.2) is 12.1 Å². The normalized spacial score (nSPS) is 15.6. The minimum atomic E-state index is -1.03. The third-order valence-electron chi connectivity index (χ3n) is 3.44. The molecule has 0 bridgehead atoms. The summed E-state index contributed by atoms with van der Waals surface area (Å²) in [5, 5.41) is 8.95. The van der Waals surface area contributed by atoms with Gasteiger partial charge in [-0.15, -0.1) is 0 Å². The topological polar surface area (TPSA) is 82.7 Å². The molecule has 0 unspecified atom stereocenters. The molecule has 0 saturated carbocycles. The van der Waals surface area contributed by atoms with E-state index in [0.717, 1.165) is 26.2 Å². The SMILES string of the molecule is CN(CCN1CCCC1)c1nc(C(=O)O)ccc1N. The predicted molar refractivity (Wildman–Crippen MR) is 74.6 cm³/mol. The number of likely N-dealkylation sites (tertiary alicyclic amines) is 1. The molecule has 1 aromatic heterocycles. The Morgan fingerprint density at radius 2 is 2.16 bits per heavy atom. The van der Waals surface area contributed by atoms with E-state index >= 15 is 0 Å². The number of carboxylic acids is 1. The molecule has 104 valence electrons. The Morgan fingerprint density at radius 3 is 2.79 bits per heavy atom. The second kappa shape index (κ2) is 5.88. The van der Waals surface area contributed by atoms with Crippen LogP contribution in [-0.2, 0) is 0 Å². The smallest absolute Gasteiger partial charge is 0.354 e. The highest BCUT2D eigenvalue weighted by molar-refractivity contribution is 5.86. The number of nitrogen functional groups attached to an aromatic ring is 1. The fraction of sp³-hybridized carbons (Fsp3) is 0.538. The van der Waals surface area contributed by atoms with E-state index in [4.69, 9.17) is 10.8 Å². The Balaban J connectivity index is 2.02. The predicted octanol–water partition coefficient (Wildman–Crippen LogP) is 0.894. The van der Waals surface area contributed by atoms with Gasteiger partial charge in [-0.3, -0.25) is 0 Å². The Hall–Kier alpha value is -1.82. The van der Waals surface area contributed by atoms with Crippen LogP contribution >= 0.6 is 0 Å². The molecule has 3 N–H and O–H groups in total. The van der Waals surface area contributed by atoms with Gasteiger partial charge in [0.1, 0.15) is 0 Å². The van der Waals surface area contributed by atoms with E-state index in [1.807, 2.05) is 11.9 Å². The molecule has 0 aliphatic carbocycles. The number of aromatic carboxylic acids is 1. The first kappa shape index (κ1) is 13.6. The average Bonchev–Trinajstić information content (AvgIpc) is 2.89. The molecule has 19 heavy (non-hydrogen) atoms. The maximum absolute atomic E-state index is 10.9. The van der Waals surface area contributed by atoms with Crippen LogP contribution in [0.25, 0.3) is 0 Å². The molecule has 0 aromatic carbocycles. The number of nitrogens with two attached hydrogens (primary N) is 1. The molecule has 1 saturated heterocycles. The van der Waals surface area contributed by atoms with Crippen LogP contribution < -0.4 is 10.6 Å². The van der Waals surface area contributed by atoms with Crippen molar-refractivity contribution in [3.05, 3.63) is 17.8 Å². The van der Waals surface area contributed by atoms with Crippen molar-refractivity contribution in [1.29, 1.82) is 0 Å². The molecule has 6 heteroatoms. The van der Waals surface area contributed by atoms with Crippen molar-refractivity contribution in [2.24, 2.45) is 0 Å². The minimum Gasteiger partial charge on any atom is -0.477 e. The van der Waals surface area contributed by atoms with E-state index in [0.29, 0.717) is 11.5 Å². The number of hydrogen-bond donors (Lipinski definition) is 2. The lowest BCUT2D eigenvalue weighted by Gasteiger charge is -2.23. The van der Waals surface area contributed by atoms with E-state index in [-0.39, 0.29) is 5.69 Å². The highest BCUT2D eigenvalue weighted by Gasteiger charge is 2.15. The van der Waals surface area contributed by atoms with E-state index in [2.05, 4.69) is 9.88 Å². The lowest BCUT2D eigenvalue weighted by molar-refractivity contribution is 0.0690. The highest BCUT2D eigenvalue weighted by atomic mass is 16.4. The third kappa shape index (κ3) is 3.35. The molecule has 0 spiro atoms. The van der Waals surface area contributed by atoms with Gasteiger partial charge in [0.25, 0.3) is 0 Å². The third-order valence-corrected chi connectivity index (χ3v) is 3.44. The number of nitrogens with zero attached hydrogens (tertiary/aromatic N) is 3. The number of aromatic nitrogens is 1. The van der Waals surface area contributed by atoms with Crippen LogP contribution in [0.5, 0.6) is 0 Å². The second-order valence-electron chi connectivity index (χ2n) is 4.88. The fourth-order valence-corrected chi connectivity index (χ4v) is 2.29. The Morgan fingerprint density at radius 1 is 1.47 bits per heavy atom. The molecule has 0 atom stereocenters. The van der Waals surface area contributed by atoms with Gasteiger partial charge < -0.3 is 20.6 Å². The number of rotatable bonds is 5. The van der Waals surface area contributed by atoms with Crippen molar-refractivity contribution in [3.63, 3.8) is 0 Å². The summed E-state index contributed by atoms with van der Waals surface area (Å²) in [6.07, 6.45) is 2.53. The fourth-order valence-electron chi connectivity index (χ4n) is 2.29. The van der Waals surface area contributed by atoms with Crippen molar-refractivity contribution < 1.29 is 9.90 Å². The van der Waals surface area contributed by atoms with Gasteiger partial charge in [-0.05, 0) is 38.1 Å². The highest BCUT2D eigenvalue weighted by Crippen LogP contribution is 2.19. The van der Waals surface area contributed by atoms with Gasteiger partial charge in [0.2, 0.25) is 0 Å². The monoisotopic (exact) mass is 264 g/mol. The maximum atomic E-state index is 10.9. The average molecular weight is 264 g/mol. The van der Waals surface area contributed by atoms with Crippen LogP contribution in [0, 0.1) is 0 Å². The van der Waals surface area contributed by atoms with Gasteiger partial charge in [0.05, 0.1) is 5.69 Å². The molecule has 1 aromatic rings. The lowest BCUT2D eigenvalue weighted by atomic mass is 10.3. The molecule has 0 amide bonds. The van der Waals surface area contributed by atoms with E-state index in [1.54, 1.807) is 6.07 Å². The molecule has 6 nitrogen and oxygen atoms in total.